The van der Waals surface area contributed by atoms with Crippen molar-refractivity contribution in [2.24, 2.45) is 0 Å². The maximum Gasteiger partial charge on any atom is 0.228 e. The highest BCUT2D eigenvalue weighted by molar-refractivity contribution is 6.30. The molecule has 2 aromatic carbocycles. The topological polar surface area (TPSA) is 29.1 Å². The highest BCUT2D eigenvalue weighted by atomic mass is 35.5. The summed E-state index contributed by atoms with van der Waals surface area (Å²) in [6, 6.07) is 13.0. The monoisotopic (exact) mass is 263 g/mol. The number of hydrogen-bond donors (Lipinski definition) is 1. The molecule has 18 heavy (non-hydrogen) atoms. The van der Waals surface area contributed by atoms with Crippen molar-refractivity contribution in [3.63, 3.8) is 0 Å². The molecule has 0 heterocycles. The molecule has 0 unspecified atom stereocenters. The Morgan fingerprint density at radius 3 is 2.44 bits per heavy atom. The van der Waals surface area contributed by atoms with Crippen LogP contribution in [0.25, 0.3) is 0 Å². The Morgan fingerprint density at radius 1 is 1.11 bits per heavy atom. The number of rotatable bonds is 3. The fourth-order valence-electron chi connectivity index (χ4n) is 1.54. The summed E-state index contributed by atoms with van der Waals surface area (Å²) in [5.41, 5.74) is 1.02. The molecule has 1 amide bonds. The Balaban J connectivity index is 2.01. The lowest BCUT2D eigenvalue weighted by molar-refractivity contribution is -0.115. The molecule has 0 bridgehead atoms. The van der Waals surface area contributed by atoms with Crippen molar-refractivity contribution in [3.8, 4) is 0 Å². The van der Waals surface area contributed by atoms with Crippen molar-refractivity contribution < 1.29 is 9.18 Å². The van der Waals surface area contributed by atoms with E-state index in [4.69, 9.17) is 11.6 Å². The Morgan fingerprint density at radius 2 is 1.78 bits per heavy atom. The van der Waals surface area contributed by atoms with E-state index in [1.807, 2.05) is 0 Å². The summed E-state index contributed by atoms with van der Waals surface area (Å²) in [4.78, 5) is 11.7. The fraction of sp³-hybridized carbons (Fsp3) is 0.0714. The van der Waals surface area contributed by atoms with Gasteiger partial charge in [0.15, 0.2) is 0 Å². The molecule has 0 spiro atoms. The molecule has 0 saturated carbocycles. The van der Waals surface area contributed by atoms with Crippen LogP contribution in [0.5, 0.6) is 0 Å². The maximum atomic E-state index is 13.3. The van der Waals surface area contributed by atoms with E-state index in [9.17, 15) is 9.18 Å². The smallest absolute Gasteiger partial charge is 0.228 e. The lowest BCUT2D eigenvalue weighted by Gasteiger charge is -2.06. The third-order valence-electron chi connectivity index (χ3n) is 2.43. The minimum atomic E-state index is -0.443. The van der Waals surface area contributed by atoms with Gasteiger partial charge in [-0.25, -0.2) is 4.39 Å². The minimum Gasteiger partial charge on any atom is -0.323 e. The number of benzene rings is 2. The third kappa shape index (κ3) is 3.31. The predicted molar refractivity (Wildman–Crippen MR) is 70.2 cm³/mol. The van der Waals surface area contributed by atoms with Gasteiger partial charge in [-0.1, -0.05) is 35.9 Å². The molecule has 2 rings (SSSR count). The number of anilines is 1. The van der Waals surface area contributed by atoms with Gasteiger partial charge in [0.05, 0.1) is 12.1 Å². The van der Waals surface area contributed by atoms with Crippen LogP contribution >= 0.6 is 11.6 Å². The van der Waals surface area contributed by atoms with Gasteiger partial charge >= 0.3 is 0 Å². The molecular weight excluding hydrogens is 253 g/mol. The average Bonchev–Trinajstić information content (AvgIpc) is 2.35. The highest BCUT2D eigenvalue weighted by Gasteiger charge is 2.07. The van der Waals surface area contributed by atoms with E-state index >= 15 is 0 Å². The van der Waals surface area contributed by atoms with Crippen molar-refractivity contribution >= 4 is 23.2 Å². The molecule has 0 aliphatic carbocycles. The van der Waals surface area contributed by atoms with Crippen molar-refractivity contribution in [2.75, 3.05) is 5.32 Å². The van der Waals surface area contributed by atoms with Crippen molar-refractivity contribution in [2.45, 2.75) is 6.42 Å². The van der Waals surface area contributed by atoms with Crippen LogP contribution < -0.4 is 5.32 Å². The van der Waals surface area contributed by atoms with E-state index in [1.165, 1.54) is 12.1 Å². The van der Waals surface area contributed by atoms with Crippen LogP contribution in [0.15, 0.2) is 48.5 Å². The molecular formula is C14H11ClFNO. The summed E-state index contributed by atoms with van der Waals surface area (Å²) in [5, 5.41) is 3.15. The molecule has 0 aromatic heterocycles. The molecule has 2 aromatic rings. The molecule has 0 atom stereocenters. The SMILES string of the molecule is O=C(Cc1ccc(Cl)cc1)Nc1ccccc1F. The highest BCUT2D eigenvalue weighted by Crippen LogP contribution is 2.14. The zero-order valence-corrected chi connectivity index (χ0v) is 10.2. The number of nitrogens with one attached hydrogen (secondary N) is 1. The number of halogens is 2. The zero-order chi connectivity index (χ0) is 13.0. The van der Waals surface area contributed by atoms with Gasteiger partial charge in [0, 0.05) is 5.02 Å². The first-order valence-corrected chi connectivity index (χ1v) is 5.82. The minimum absolute atomic E-state index is 0.186. The summed E-state index contributed by atoms with van der Waals surface area (Å²) in [6.07, 6.45) is 0.186. The molecule has 4 heteroatoms. The second-order valence-corrected chi connectivity index (χ2v) is 4.27. The molecule has 2 nitrogen and oxygen atoms in total. The molecule has 1 N–H and O–H groups in total. The van der Waals surface area contributed by atoms with Crippen LogP contribution in [0.1, 0.15) is 5.56 Å². The lowest BCUT2D eigenvalue weighted by Crippen LogP contribution is -2.15. The first-order valence-electron chi connectivity index (χ1n) is 5.44. The van der Waals surface area contributed by atoms with Gasteiger partial charge < -0.3 is 5.32 Å². The van der Waals surface area contributed by atoms with Gasteiger partial charge in [0.25, 0.3) is 0 Å². The van der Waals surface area contributed by atoms with Gasteiger partial charge in [-0.05, 0) is 29.8 Å². The predicted octanol–water partition coefficient (Wildman–Crippen LogP) is 3.66. The first kappa shape index (κ1) is 12.6. The lowest BCUT2D eigenvalue weighted by atomic mass is 10.1. The molecule has 0 aliphatic heterocycles. The number of carbonyl (C=O) groups excluding carboxylic acids is 1. The summed E-state index contributed by atoms with van der Waals surface area (Å²) in [7, 11) is 0. The van der Waals surface area contributed by atoms with Gasteiger partial charge in [0.1, 0.15) is 5.82 Å². The summed E-state index contributed by atoms with van der Waals surface area (Å²) >= 11 is 5.75. The summed E-state index contributed by atoms with van der Waals surface area (Å²) < 4.78 is 13.3. The Kier molecular flexibility index (Phi) is 3.95. The average molecular weight is 264 g/mol. The summed E-state index contributed by atoms with van der Waals surface area (Å²) in [6.45, 7) is 0. The normalized spacial score (nSPS) is 10.1. The van der Waals surface area contributed by atoms with Gasteiger partial charge in [-0.3, -0.25) is 4.79 Å². The molecule has 0 fully saturated rings. The summed E-state index contributed by atoms with van der Waals surface area (Å²) in [5.74, 6) is -0.704. The number of amides is 1. The van der Waals surface area contributed by atoms with Crippen LogP contribution in [-0.2, 0) is 11.2 Å². The second kappa shape index (κ2) is 5.65. The zero-order valence-electron chi connectivity index (χ0n) is 9.49. The third-order valence-corrected chi connectivity index (χ3v) is 2.68. The van der Waals surface area contributed by atoms with Crippen LogP contribution in [0.2, 0.25) is 5.02 Å². The van der Waals surface area contributed by atoms with Gasteiger partial charge in [-0.15, -0.1) is 0 Å². The quantitative estimate of drug-likeness (QED) is 0.900. The Labute approximate surface area is 109 Å². The van der Waals surface area contributed by atoms with Crippen molar-refractivity contribution in [1.82, 2.24) is 0 Å². The van der Waals surface area contributed by atoms with E-state index in [-0.39, 0.29) is 18.0 Å². The molecule has 92 valence electrons. The largest absolute Gasteiger partial charge is 0.323 e. The van der Waals surface area contributed by atoms with Crippen LogP contribution in [-0.4, -0.2) is 5.91 Å². The van der Waals surface area contributed by atoms with Gasteiger partial charge in [-0.2, -0.15) is 0 Å². The molecule has 0 saturated heterocycles. The number of para-hydroxylation sites is 1. The Hall–Kier alpha value is -1.87. The molecule has 0 radical (unpaired) electrons. The van der Waals surface area contributed by atoms with E-state index in [1.54, 1.807) is 36.4 Å². The number of carbonyl (C=O) groups is 1. The van der Waals surface area contributed by atoms with E-state index in [0.717, 1.165) is 5.56 Å². The number of hydrogen-bond acceptors (Lipinski definition) is 1. The van der Waals surface area contributed by atoms with Crippen LogP contribution in [0.3, 0.4) is 0 Å². The van der Waals surface area contributed by atoms with E-state index < -0.39 is 5.82 Å². The second-order valence-electron chi connectivity index (χ2n) is 3.83. The van der Waals surface area contributed by atoms with E-state index in [0.29, 0.717) is 5.02 Å². The van der Waals surface area contributed by atoms with Crippen molar-refractivity contribution in [3.05, 3.63) is 64.9 Å². The van der Waals surface area contributed by atoms with Gasteiger partial charge in [0.2, 0.25) is 5.91 Å². The first-order chi connectivity index (χ1) is 8.65. The van der Waals surface area contributed by atoms with Crippen LogP contribution in [0.4, 0.5) is 10.1 Å². The van der Waals surface area contributed by atoms with Crippen LogP contribution in [0, 0.1) is 5.82 Å². The van der Waals surface area contributed by atoms with Crippen molar-refractivity contribution in [1.29, 1.82) is 0 Å². The standard InChI is InChI=1S/C14H11ClFNO/c15-11-7-5-10(6-8-11)9-14(18)17-13-4-2-1-3-12(13)16/h1-8H,9H2,(H,17,18). The molecule has 0 aliphatic rings. The van der Waals surface area contributed by atoms with E-state index in [2.05, 4.69) is 5.32 Å². The Bertz CT molecular complexity index is 554. The fourth-order valence-corrected chi connectivity index (χ4v) is 1.67. The maximum absolute atomic E-state index is 13.3.